The Morgan fingerprint density at radius 3 is 2.80 bits per heavy atom. The van der Waals surface area contributed by atoms with Crippen molar-refractivity contribution in [2.45, 2.75) is 26.7 Å². The topological polar surface area (TPSA) is 64.1 Å². The number of hydrogen-bond donors (Lipinski definition) is 1. The molecule has 2 heterocycles. The van der Waals surface area contributed by atoms with Gasteiger partial charge in [-0.05, 0) is 43.2 Å². The van der Waals surface area contributed by atoms with E-state index in [4.69, 9.17) is 4.74 Å². The molecule has 3 rings (SSSR count). The highest BCUT2D eigenvalue weighted by Gasteiger charge is 2.12. The van der Waals surface area contributed by atoms with Crippen molar-refractivity contribution in [1.82, 2.24) is 9.97 Å². The minimum absolute atomic E-state index is 0.188. The standard InChI is InChI=1S/C20H21N3O2/c1-3-4-9-25-16-5-6-19(14(2)10-16)23-20(24)18-13-22-12-15-11-21-8-7-17(15)18/h5-8,10-13H,3-4,9H2,1-2H3,(H,23,24). The van der Waals surface area contributed by atoms with Crippen molar-refractivity contribution in [3.05, 3.63) is 60.2 Å². The monoisotopic (exact) mass is 335 g/mol. The third kappa shape index (κ3) is 3.94. The number of fused-ring (bicyclic) bond motifs is 1. The molecule has 1 aromatic carbocycles. The number of pyridine rings is 2. The van der Waals surface area contributed by atoms with Gasteiger partial charge in [0.2, 0.25) is 0 Å². The first-order chi connectivity index (χ1) is 12.2. The third-order valence-electron chi connectivity index (χ3n) is 4.02. The van der Waals surface area contributed by atoms with Crippen LogP contribution in [0.15, 0.2) is 49.1 Å². The van der Waals surface area contributed by atoms with Gasteiger partial charge in [0.25, 0.3) is 5.91 Å². The molecule has 1 N–H and O–H groups in total. The molecule has 0 unspecified atom stereocenters. The number of aryl methyl sites for hydroxylation is 1. The molecule has 128 valence electrons. The average molecular weight is 335 g/mol. The molecule has 0 radical (unpaired) electrons. The van der Waals surface area contributed by atoms with Gasteiger partial charge < -0.3 is 10.1 Å². The van der Waals surface area contributed by atoms with Crippen LogP contribution in [0.5, 0.6) is 5.75 Å². The van der Waals surface area contributed by atoms with Gasteiger partial charge in [-0.3, -0.25) is 14.8 Å². The maximum absolute atomic E-state index is 12.7. The number of carbonyl (C=O) groups excluding carboxylic acids is 1. The average Bonchev–Trinajstić information content (AvgIpc) is 2.63. The van der Waals surface area contributed by atoms with Gasteiger partial charge in [0.1, 0.15) is 5.75 Å². The quantitative estimate of drug-likeness (QED) is 0.679. The number of nitrogens with one attached hydrogen (secondary N) is 1. The molecule has 3 aromatic rings. The lowest BCUT2D eigenvalue weighted by molar-refractivity contribution is 0.102. The lowest BCUT2D eigenvalue weighted by Gasteiger charge is -2.12. The third-order valence-corrected chi connectivity index (χ3v) is 4.02. The van der Waals surface area contributed by atoms with Crippen molar-refractivity contribution < 1.29 is 9.53 Å². The van der Waals surface area contributed by atoms with Crippen LogP contribution in [0.1, 0.15) is 35.7 Å². The van der Waals surface area contributed by atoms with Crippen LogP contribution in [0.25, 0.3) is 10.8 Å². The fourth-order valence-corrected chi connectivity index (χ4v) is 2.59. The number of ether oxygens (including phenoxy) is 1. The summed E-state index contributed by atoms with van der Waals surface area (Å²) >= 11 is 0. The largest absolute Gasteiger partial charge is 0.494 e. The molecule has 0 atom stereocenters. The minimum atomic E-state index is -0.188. The number of carbonyl (C=O) groups is 1. The van der Waals surface area contributed by atoms with E-state index in [0.29, 0.717) is 12.2 Å². The summed E-state index contributed by atoms with van der Waals surface area (Å²) < 4.78 is 5.70. The first kappa shape index (κ1) is 16.9. The van der Waals surface area contributed by atoms with Crippen LogP contribution >= 0.6 is 0 Å². The Labute approximate surface area is 147 Å². The summed E-state index contributed by atoms with van der Waals surface area (Å²) in [5.41, 5.74) is 2.25. The Kier molecular flexibility index (Phi) is 5.23. The normalized spacial score (nSPS) is 10.6. The van der Waals surface area contributed by atoms with E-state index in [2.05, 4.69) is 22.2 Å². The molecule has 0 fully saturated rings. The summed E-state index contributed by atoms with van der Waals surface area (Å²) in [6.45, 7) is 4.79. The van der Waals surface area contributed by atoms with Gasteiger partial charge in [-0.2, -0.15) is 0 Å². The SMILES string of the molecule is CCCCOc1ccc(NC(=O)c2cncc3cnccc23)c(C)c1. The summed E-state index contributed by atoms with van der Waals surface area (Å²) in [7, 11) is 0. The van der Waals surface area contributed by atoms with Crippen molar-refractivity contribution >= 4 is 22.4 Å². The van der Waals surface area contributed by atoms with E-state index in [1.54, 1.807) is 24.8 Å². The fraction of sp³-hybridized carbons (Fsp3) is 0.250. The second kappa shape index (κ2) is 7.75. The number of unbranched alkanes of at least 4 members (excludes halogenated alkanes) is 1. The predicted octanol–water partition coefficient (Wildman–Crippen LogP) is 4.37. The molecule has 5 heteroatoms. The lowest BCUT2D eigenvalue weighted by Crippen LogP contribution is -2.13. The van der Waals surface area contributed by atoms with Crippen LogP contribution in [0, 0.1) is 6.92 Å². The zero-order valence-electron chi connectivity index (χ0n) is 14.5. The fourth-order valence-electron chi connectivity index (χ4n) is 2.59. The highest BCUT2D eigenvalue weighted by atomic mass is 16.5. The Morgan fingerprint density at radius 1 is 1.16 bits per heavy atom. The summed E-state index contributed by atoms with van der Waals surface area (Å²) in [5, 5.41) is 4.63. The summed E-state index contributed by atoms with van der Waals surface area (Å²) in [5.74, 6) is 0.633. The second-order valence-electron chi connectivity index (χ2n) is 5.92. The maximum atomic E-state index is 12.7. The van der Waals surface area contributed by atoms with E-state index in [1.807, 2.05) is 31.2 Å². The van der Waals surface area contributed by atoms with E-state index in [9.17, 15) is 4.79 Å². The van der Waals surface area contributed by atoms with Crippen molar-refractivity contribution in [3.63, 3.8) is 0 Å². The Balaban J connectivity index is 1.78. The number of rotatable bonds is 6. The van der Waals surface area contributed by atoms with Crippen molar-refractivity contribution in [2.24, 2.45) is 0 Å². The van der Waals surface area contributed by atoms with Gasteiger partial charge >= 0.3 is 0 Å². The first-order valence-corrected chi connectivity index (χ1v) is 8.41. The summed E-state index contributed by atoms with van der Waals surface area (Å²) in [4.78, 5) is 20.9. The molecule has 2 aromatic heterocycles. The maximum Gasteiger partial charge on any atom is 0.257 e. The molecule has 1 amide bonds. The zero-order valence-corrected chi connectivity index (χ0v) is 14.5. The molecule has 0 bridgehead atoms. The van der Waals surface area contributed by atoms with Crippen molar-refractivity contribution in [2.75, 3.05) is 11.9 Å². The number of aromatic nitrogens is 2. The highest BCUT2D eigenvalue weighted by Crippen LogP contribution is 2.23. The molecule has 0 saturated heterocycles. The van der Waals surface area contributed by atoms with Gasteiger partial charge in [0.05, 0.1) is 12.2 Å². The number of anilines is 1. The molecule has 0 aliphatic heterocycles. The Bertz CT molecular complexity index is 888. The van der Waals surface area contributed by atoms with Crippen LogP contribution in [0.2, 0.25) is 0 Å². The van der Waals surface area contributed by atoms with Gasteiger partial charge in [-0.25, -0.2) is 0 Å². The Hall–Kier alpha value is -2.95. The molecule has 0 aliphatic rings. The van der Waals surface area contributed by atoms with Crippen LogP contribution in [-0.4, -0.2) is 22.5 Å². The van der Waals surface area contributed by atoms with Crippen molar-refractivity contribution in [1.29, 1.82) is 0 Å². The van der Waals surface area contributed by atoms with E-state index < -0.39 is 0 Å². The number of hydrogen-bond acceptors (Lipinski definition) is 4. The van der Waals surface area contributed by atoms with Crippen LogP contribution in [0.4, 0.5) is 5.69 Å². The Morgan fingerprint density at radius 2 is 2.00 bits per heavy atom. The molecule has 0 aliphatic carbocycles. The van der Waals surface area contributed by atoms with Gasteiger partial charge in [-0.1, -0.05) is 13.3 Å². The molecule has 0 saturated carbocycles. The molecule has 5 nitrogen and oxygen atoms in total. The highest BCUT2D eigenvalue weighted by molar-refractivity contribution is 6.12. The van der Waals surface area contributed by atoms with Crippen molar-refractivity contribution in [3.8, 4) is 5.75 Å². The van der Waals surface area contributed by atoms with E-state index in [1.165, 1.54) is 0 Å². The number of amides is 1. The molecular weight excluding hydrogens is 314 g/mol. The molecular formula is C20H21N3O2. The van der Waals surface area contributed by atoms with E-state index >= 15 is 0 Å². The second-order valence-corrected chi connectivity index (χ2v) is 5.92. The number of nitrogens with zero attached hydrogens (tertiary/aromatic N) is 2. The van der Waals surface area contributed by atoms with Crippen LogP contribution in [-0.2, 0) is 0 Å². The smallest absolute Gasteiger partial charge is 0.257 e. The summed E-state index contributed by atoms with van der Waals surface area (Å²) in [6.07, 6.45) is 8.78. The van der Waals surface area contributed by atoms with E-state index in [-0.39, 0.29) is 5.91 Å². The van der Waals surface area contributed by atoms with Crippen LogP contribution < -0.4 is 10.1 Å². The molecule has 25 heavy (non-hydrogen) atoms. The predicted molar refractivity (Wildman–Crippen MR) is 99.1 cm³/mol. The zero-order chi connectivity index (χ0) is 17.6. The lowest BCUT2D eigenvalue weighted by atomic mass is 10.1. The minimum Gasteiger partial charge on any atom is -0.494 e. The number of benzene rings is 1. The van der Waals surface area contributed by atoms with E-state index in [0.717, 1.165) is 40.6 Å². The first-order valence-electron chi connectivity index (χ1n) is 8.41. The van der Waals surface area contributed by atoms with Gasteiger partial charge in [-0.15, -0.1) is 0 Å². The van der Waals surface area contributed by atoms with Crippen LogP contribution in [0.3, 0.4) is 0 Å². The van der Waals surface area contributed by atoms with Gasteiger partial charge in [0, 0.05) is 41.2 Å². The summed E-state index contributed by atoms with van der Waals surface area (Å²) in [6, 6.07) is 7.51. The molecule has 0 spiro atoms. The van der Waals surface area contributed by atoms with Gasteiger partial charge in [0.15, 0.2) is 0 Å².